The van der Waals surface area contributed by atoms with Crippen molar-refractivity contribution in [2.45, 2.75) is 26.3 Å². The molecule has 1 aromatic carbocycles. The molecule has 1 N–H and O–H groups in total. The van der Waals surface area contributed by atoms with E-state index in [0.29, 0.717) is 6.42 Å². The number of carboxylic acids is 1. The van der Waals surface area contributed by atoms with Crippen molar-refractivity contribution in [1.29, 1.82) is 0 Å². The third-order valence-electron chi connectivity index (χ3n) is 2.67. The van der Waals surface area contributed by atoms with Crippen molar-refractivity contribution in [1.82, 2.24) is 4.90 Å². The SMILES string of the molecule is CCCN(C(C)=O)C(C(=O)O)c1cc(Cl)ccc1F. The van der Waals surface area contributed by atoms with Gasteiger partial charge in [0.1, 0.15) is 5.82 Å². The number of rotatable bonds is 5. The number of aliphatic carboxylic acids is 1. The maximum atomic E-state index is 13.8. The molecule has 0 bridgehead atoms. The lowest BCUT2D eigenvalue weighted by atomic mass is 10.0. The van der Waals surface area contributed by atoms with Gasteiger partial charge in [0.25, 0.3) is 0 Å². The summed E-state index contributed by atoms with van der Waals surface area (Å²) in [6, 6.07) is 2.30. The van der Waals surface area contributed by atoms with Crippen LogP contribution in [-0.4, -0.2) is 28.4 Å². The number of hydrogen-bond donors (Lipinski definition) is 1. The fraction of sp³-hybridized carbons (Fsp3) is 0.385. The van der Waals surface area contributed by atoms with Crippen molar-refractivity contribution >= 4 is 23.5 Å². The van der Waals surface area contributed by atoms with E-state index >= 15 is 0 Å². The minimum Gasteiger partial charge on any atom is -0.479 e. The summed E-state index contributed by atoms with van der Waals surface area (Å²) in [5, 5.41) is 9.51. The van der Waals surface area contributed by atoms with E-state index in [2.05, 4.69) is 0 Å². The van der Waals surface area contributed by atoms with E-state index in [0.717, 1.165) is 11.0 Å². The highest BCUT2D eigenvalue weighted by molar-refractivity contribution is 6.30. The van der Waals surface area contributed by atoms with Crippen molar-refractivity contribution in [3.05, 3.63) is 34.6 Å². The highest BCUT2D eigenvalue weighted by Crippen LogP contribution is 2.27. The Labute approximate surface area is 115 Å². The molecule has 0 aliphatic carbocycles. The number of hydrogen-bond acceptors (Lipinski definition) is 2. The normalized spacial score (nSPS) is 12.0. The smallest absolute Gasteiger partial charge is 0.331 e. The Balaban J connectivity index is 3.29. The van der Waals surface area contributed by atoms with Gasteiger partial charge in [0.15, 0.2) is 6.04 Å². The van der Waals surface area contributed by atoms with Gasteiger partial charge < -0.3 is 10.0 Å². The standard InChI is InChI=1S/C13H15ClFNO3/c1-3-6-16(8(2)17)12(13(18)19)10-7-9(14)4-5-11(10)15/h4-5,7,12H,3,6H2,1-2H3,(H,18,19). The number of halogens is 2. The second kappa shape index (κ2) is 6.52. The molecule has 0 radical (unpaired) electrons. The van der Waals surface area contributed by atoms with Gasteiger partial charge in [0, 0.05) is 24.1 Å². The van der Waals surface area contributed by atoms with Crippen LogP contribution >= 0.6 is 11.6 Å². The lowest BCUT2D eigenvalue weighted by Gasteiger charge is -2.28. The number of nitrogens with zero attached hydrogens (tertiary/aromatic N) is 1. The van der Waals surface area contributed by atoms with Crippen LogP contribution in [0.1, 0.15) is 31.9 Å². The summed E-state index contributed by atoms with van der Waals surface area (Å²) in [4.78, 5) is 24.1. The molecule has 1 aromatic rings. The number of carbonyl (C=O) groups excluding carboxylic acids is 1. The summed E-state index contributed by atoms with van der Waals surface area (Å²) in [5.41, 5.74) is -0.108. The molecule has 1 amide bonds. The van der Waals surface area contributed by atoms with E-state index < -0.39 is 23.7 Å². The van der Waals surface area contributed by atoms with Crippen LogP contribution in [0.4, 0.5) is 4.39 Å². The zero-order valence-corrected chi connectivity index (χ0v) is 11.4. The van der Waals surface area contributed by atoms with E-state index in [4.69, 9.17) is 11.6 Å². The maximum absolute atomic E-state index is 13.8. The van der Waals surface area contributed by atoms with E-state index in [9.17, 15) is 19.1 Å². The minimum absolute atomic E-state index is 0.108. The van der Waals surface area contributed by atoms with Crippen molar-refractivity contribution in [2.75, 3.05) is 6.54 Å². The predicted molar refractivity (Wildman–Crippen MR) is 69.5 cm³/mol. The summed E-state index contributed by atoms with van der Waals surface area (Å²) in [5.74, 6) is -2.41. The zero-order chi connectivity index (χ0) is 14.6. The predicted octanol–water partition coefficient (Wildman–Crippen LogP) is 2.86. The average Bonchev–Trinajstić information content (AvgIpc) is 2.32. The van der Waals surface area contributed by atoms with Crippen molar-refractivity contribution in [3.63, 3.8) is 0 Å². The molecular weight excluding hydrogens is 273 g/mol. The molecule has 0 spiro atoms. The molecule has 0 aromatic heterocycles. The van der Waals surface area contributed by atoms with Crippen LogP contribution in [0, 0.1) is 5.82 Å². The first-order valence-corrected chi connectivity index (χ1v) is 6.21. The molecule has 4 nitrogen and oxygen atoms in total. The van der Waals surface area contributed by atoms with Gasteiger partial charge in [-0.05, 0) is 24.6 Å². The Kier molecular flexibility index (Phi) is 5.30. The van der Waals surface area contributed by atoms with Crippen molar-refractivity contribution < 1.29 is 19.1 Å². The Morgan fingerprint density at radius 2 is 2.11 bits per heavy atom. The Morgan fingerprint density at radius 3 is 2.58 bits per heavy atom. The molecule has 1 unspecified atom stereocenters. The molecule has 1 atom stereocenters. The molecule has 0 saturated carbocycles. The molecule has 19 heavy (non-hydrogen) atoms. The molecule has 104 valence electrons. The highest BCUT2D eigenvalue weighted by atomic mass is 35.5. The molecule has 0 fully saturated rings. The molecule has 0 saturated heterocycles. The van der Waals surface area contributed by atoms with Crippen LogP contribution in [0.2, 0.25) is 5.02 Å². The molecule has 0 aliphatic rings. The summed E-state index contributed by atoms with van der Waals surface area (Å²) in [6.07, 6.45) is 0.575. The molecule has 0 aliphatic heterocycles. The second-order valence-corrected chi connectivity index (χ2v) is 4.56. The van der Waals surface area contributed by atoms with Gasteiger partial charge in [-0.1, -0.05) is 18.5 Å². The van der Waals surface area contributed by atoms with Gasteiger partial charge in [-0.2, -0.15) is 0 Å². The summed E-state index contributed by atoms with van der Waals surface area (Å²) in [7, 11) is 0. The molecule has 0 heterocycles. The minimum atomic E-state index is -1.36. The van der Waals surface area contributed by atoms with Crippen molar-refractivity contribution in [3.8, 4) is 0 Å². The second-order valence-electron chi connectivity index (χ2n) is 4.12. The number of benzene rings is 1. The van der Waals surface area contributed by atoms with Crippen LogP contribution in [0.3, 0.4) is 0 Å². The third-order valence-corrected chi connectivity index (χ3v) is 2.90. The molecular formula is C13H15ClFNO3. The van der Waals surface area contributed by atoms with E-state index in [1.54, 1.807) is 0 Å². The van der Waals surface area contributed by atoms with Crippen LogP contribution < -0.4 is 0 Å². The fourth-order valence-corrected chi connectivity index (χ4v) is 2.05. The highest BCUT2D eigenvalue weighted by Gasteiger charge is 2.31. The van der Waals surface area contributed by atoms with Gasteiger partial charge >= 0.3 is 5.97 Å². The molecule has 6 heteroatoms. The quantitative estimate of drug-likeness (QED) is 0.906. The summed E-state index contributed by atoms with van der Waals surface area (Å²) >= 11 is 5.76. The first kappa shape index (κ1) is 15.4. The number of amides is 1. The maximum Gasteiger partial charge on any atom is 0.331 e. The van der Waals surface area contributed by atoms with E-state index in [1.807, 2.05) is 6.92 Å². The van der Waals surface area contributed by atoms with Crippen LogP contribution in [0.5, 0.6) is 0 Å². The summed E-state index contributed by atoms with van der Waals surface area (Å²) in [6.45, 7) is 3.30. The van der Waals surface area contributed by atoms with Crippen molar-refractivity contribution in [2.24, 2.45) is 0 Å². The fourth-order valence-electron chi connectivity index (χ4n) is 1.87. The Hall–Kier alpha value is -1.62. The average molecular weight is 288 g/mol. The number of carbonyl (C=O) groups is 2. The largest absolute Gasteiger partial charge is 0.479 e. The van der Waals surface area contributed by atoms with Gasteiger partial charge in [-0.25, -0.2) is 9.18 Å². The van der Waals surface area contributed by atoms with E-state index in [1.165, 1.54) is 19.1 Å². The Bertz CT molecular complexity index is 493. The van der Waals surface area contributed by atoms with Crippen LogP contribution in [-0.2, 0) is 9.59 Å². The van der Waals surface area contributed by atoms with E-state index in [-0.39, 0.29) is 17.1 Å². The lowest BCUT2D eigenvalue weighted by Crippen LogP contribution is -2.38. The van der Waals surface area contributed by atoms with Crippen LogP contribution in [0.25, 0.3) is 0 Å². The lowest BCUT2D eigenvalue weighted by molar-refractivity contribution is -0.150. The third kappa shape index (κ3) is 3.67. The van der Waals surface area contributed by atoms with Gasteiger partial charge in [0.2, 0.25) is 5.91 Å². The van der Waals surface area contributed by atoms with Gasteiger partial charge in [0.05, 0.1) is 0 Å². The first-order chi connectivity index (χ1) is 8.88. The Morgan fingerprint density at radius 1 is 1.47 bits per heavy atom. The zero-order valence-electron chi connectivity index (χ0n) is 10.7. The van der Waals surface area contributed by atoms with Gasteiger partial charge in [-0.3, -0.25) is 4.79 Å². The monoisotopic (exact) mass is 287 g/mol. The molecule has 1 rings (SSSR count). The van der Waals surface area contributed by atoms with Gasteiger partial charge in [-0.15, -0.1) is 0 Å². The van der Waals surface area contributed by atoms with Crippen LogP contribution in [0.15, 0.2) is 18.2 Å². The summed E-state index contributed by atoms with van der Waals surface area (Å²) < 4.78 is 13.8. The topological polar surface area (TPSA) is 57.6 Å². The number of carboxylic acid groups (broad SMARTS) is 1. The first-order valence-electron chi connectivity index (χ1n) is 5.83.